The van der Waals surface area contributed by atoms with Gasteiger partial charge in [0.1, 0.15) is 0 Å². The van der Waals surface area contributed by atoms with Gasteiger partial charge in [-0.05, 0) is 31.2 Å². The van der Waals surface area contributed by atoms with Crippen molar-refractivity contribution in [1.82, 2.24) is 10.3 Å². The minimum atomic E-state index is -0.135. The summed E-state index contributed by atoms with van der Waals surface area (Å²) in [6.45, 7) is 6.66. The first kappa shape index (κ1) is 17.5. The molecule has 2 rings (SSSR count). The number of hydrogen-bond acceptors (Lipinski definition) is 4. The summed E-state index contributed by atoms with van der Waals surface area (Å²) in [5.41, 5.74) is 0.933. The second kappa shape index (κ2) is 8.13. The molecule has 2 aromatic rings. The lowest BCUT2D eigenvalue weighted by Crippen LogP contribution is -2.30. The molecule has 0 saturated carbocycles. The molecule has 1 unspecified atom stereocenters. The van der Waals surface area contributed by atoms with Gasteiger partial charge in [0.2, 0.25) is 5.91 Å². The highest BCUT2D eigenvalue weighted by atomic mass is 79.9. The Morgan fingerprint density at radius 2 is 2.00 bits per heavy atom. The zero-order chi connectivity index (χ0) is 16.1. The summed E-state index contributed by atoms with van der Waals surface area (Å²) >= 11 is 6.61. The van der Waals surface area contributed by atoms with E-state index in [2.05, 4.69) is 40.1 Å². The molecule has 0 aliphatic heterocycles. The van der Waals surface area contributed by atoms with Gasteiger partial charge in [0.05, 0.1) is 22.5 Å². The van der Waals surface area contributed by atoms with Crippen molar-refractivity contribution in [3.8, 4) is 0 Å². The normalized spacial score (nSPS) is 12.4. The molecule has 1 N–H and O–H groups in total. The van der Waals surface area contributed by atoms with Crippen LogP contribution in [0.3, 0.4) is 0 Å². The van der Waals surface area contributed by atoms with E-state index in [-0.39, 0.29) is 11.2 Å². The highest BCUT2D eigenvalue weighted by Crippen LogP contribution is 2.25. The molecule has 0 radical (unpaired) electrons. The molecule has 1 atom stereocenters. The van der Waals surface area contributed by atoms with Crippen LogP contribution in [-0.4, -0.2) is 16.1 Å². The maximum Gasteiger partial charge on any atom is 0.233 e. The Labute approximate surface area is 148 Å². The number of hydrogen-bond donors (Lipinski definition) is 1. The van der Waals surface area contributed by atoms with Gasteiger partial charge in [0, 0.05) is 20.7 Å². The van der Waals surface area contributed by atoms with Gasteiger partial charge in [-0.3, -0.25) is 4.79 Å². The monoisotopic (exact) mass is 398 g/mol. The zero-order valence-corrected chi connectivity index (χ0v) is 16.0. The van der Waals surface area contributed by atoms with Gasteiger partial charge in [-0.2, -0.15) is 0 Å². The summed E-state index contributed by atoms with van der Waals surface area (Å²) in [6, 6.07) is 7.98. The number of nitrogens with zero attached hydrogens (tertiary/aromatic N) is 1. The van der Waals surface area contributed by atoms with Crippen LogP contribution in [-0.2, 0) is 11.3 Å². The predicted molar refractivity (Wildman–Crippen MR) is 97.5 cm³/mol. The number of thioether (sulfide) groups is 1. The molecule has 1 amide bonds. The molecular formula is C16H19BrN2OS2. The summed E-state index contributed by atoms with van der Waals surface area (Å²) in [6.07, 6.45) is 0. The summed E-state index contributed by atoms with van der Waals surface area (Å²) in [4.78, 5) is 17.8. The van der Waals surface area contributed by atoms with E-state index in [9.17, 15) is 4.79 Å². The predicted octanol–water partition coefficient (Wildman–Crippen LogP) is 4.83. The van der Waals surface area contributed by atoms with Gasteiger partial charge in [0.25, 0.3) is 0 Å². The number of halogens is 1. The average Bonchev–Trinajstić information content (AvgIpc) is 2.96. The van der Waals surface area contributed by atoms with Crippen molar-refractivity contribution >= 4 is 44.9 Å². The Kier molecular flexibility index (Phi) is 6.47. The molecule has 1 heterocycles. The molecule has 0 saturated heterocycles. The van der Waals surface area contributed by atoms with E-state index in [0.29, 0.717) is 12.5 Å². The molecule has 3 nitrogen and oxygen atoms in total. The second-order valence-electron chi connectivity index (χ2n) is 5.26. The molecule has 0 aliphatic rings. The molecule has 118 valence electrons. The first-order valence-electron chi connectivity index (χ1n) is 7.10. The summed E-state index contributed by atoms with van der Waals surface area (Å²) < 4.78 is 1.04. The molecule has 22 heavy (non-hydrogen) atoms. The lowest BCUT2D eigenvalue weighted by atomic mass is 10.2. The molecule has 0 bridgehead atoms. The first-order valence-corrected chi connectivity index (χ1v) is 9.65. The third-order valence-corrected chi connectivity index (χ3v) is 5.84. The Hall–Kier alpha value is -0.850. The highest BCUT2D eigenvalue weighted by molar-refractivity contribution is 9.10. The zero-order valence-electron chi connectivity index (χ0n) is 12.8. The van der Waals surface area contributed by atoms with Gasteiger partial charge in [-0.1, -0.05) is 29.8 Å². The Morgan fingerprint density at radius 1 is 1.32 bits per heavy atom. The topological polar surface area (TPSA) is 42.0 Å². The number of thiazole rings is 1. The van der Waals surface area contributed by atoms with E-state index in [4.69, 9.17) is 0 Å². The smallest absolute Gasteiger partial charge is 0.233 e. The third kappa shape index (κ3) is 5.11. The fourth-order valence-electron chi connectivity index (χ4n) is 1.76. The molecule has 1 aromatic carbocycles. The number of carbonyl (C=O) groups is 1. The quantitative estimate of drug-likeness (QED) is 0.708. The summed E-state index contributed by atoms with van der Waals surface area (Å²) in [5.74, 6) is 0.466. The second-order valence-corrected chi connectivity index (χ2v) is 8.48. The van der Waals surface area contributed by atoms with Crippen molar-refractivity contribution in [3.05, 3.63) is 44.8 Å². The van der Waals surface area contributed by atoms with Crippen LogP contribution >= 0.6 is 39.0 Å². The van der Waals surface area contributed by atoms with Crippen LogP contribution in [0.4, 0.5) is 0 Å². The van der Waals surface area contributed by atoms with Crippen LogP contribution in [0.5, 0.6) is 0 Å². The SMILES string of the molecule is CC(Sc1ccc(Br)cc1)C(=O)NCc1csc(C(C)C)n1. The maximum absolute atomic E-state index is 12.2. The average molecular weight is 399 g/mol. The molecule has 0 spiro atoms. The molecule has 0 aliphatic carbocycles. The molecule has 6 heteroatoms. The lowest BCUT2D eigenvalue weighted by molar-refractivity contribution is -0.120. The van der Waals surface area contributed by atoms with E-state index in [0.717, 1.165) is 20.1 Å². The number of rotatable bonds is 6. The molecule has 1 aromatic heterocycles. The maximum atomic E-state index is 12.2. The van der Waals surface area contributed by atoms with Crippen molar-refractivity contribution in [2.75, 3.05) is 0 Å². The van der Waals surface area contributed by atoms with Crippen molar-refractivity contribution in [2.45, 2.75) is 43.4 Å². The van der Waals surface area contributed by atoms with Crippen LogP contribution in [0.25, 0.3) is 0 Å². The Balaban J connectivity index is 1.84. The van der Waals surface area contributed by atoms with Crippen molar-refractivity contribution in [2.24, 2.45) is 0 Å². The lowest BCUT2D eigenvalue weighted by Gasteiger charge is -2.11. The standard InChI is InChI=1S/C16H19BrN2OS2/c1-10(2)16-19-13(9-21-16)8-18-15(20)11(3)22-14-6-4-12(17)5-7-14/h4-7,9-11H,8H2,1-3H3,(H,18,20). The first-order chi connectivity index (χ1) is 10.5. The van der Waals surface area contributed by atoms with Crippen molar-refractivity contribution in [3.63, 3.8) is 0 Å². The van der Waals surface area contributed by atoms with Crippen LogP contribution < -0.4 is 5.32 Å². The summed E-state index contributed by atoms with van der Waals surface area (Å²) in [5, 5.41) is 5.95. The highest BCUT2D eigenvalue weighted by Gasteiger charge is 2.15. The number of aromatic nitrogens is 1. The van der Waals surface area contributed by atoms with Gasteiger partial charge < -0.3 is 5.32 Å². The van der Waals surface area contributed by atoms with E-state index < -0.39 is 0 Å². The number of amides is 1. The van der Waals surface area contributed by atoms with Crippen LogP contribution in [0.1, 0.15) is 37.4 Å². The van der Waals surface area contributed by atoms with E-state index in [1.807, 2.05) is 36.6 Å². The van der Waals surface area contributed by atoms with E-state index in [1.165, 1.54) is 0 Å². The van der Waals surface area contributed by atoms with Crippen LogP contribution in [0.15, 0.2) is 39.0 Å². The van der Waals surface area contributed by atoms with Crippen molar-refractivity contribution < 1.29 is 4.79 Å². The Morgan fingerprint density at radius 3 is 2.59 bits per heavy atom. The largest absolute Gasteiger partial charge is 0.349 e. The molecular weight excluding hydrogens is 380 g/mol. The number of carbonyl (C=O) groups excluding carboxylic acids is 1. The minimum Gasteiger partial charge on any atom is -0.349 e. The van der Waals surface area contributed by atoms with Gasteiger partial charge >= 0.3 is 0 Å². The third-order valence-electron chi connectivity index (χ3n) is 3.00. The Bertz CT molecular complexity index is 625. The van der Waals surface area contributed by atoms with Crippen molar-refractivity contribution in [1.29, 1.82) is 0 Å². The van der Waals surface area contributed by atoms with Crippen LogP contribution in [0.2, 0.25) is 0 Å². The van der Waals surface area contributed by atoms with E-state index in [1.54, 1.807) is 23.1 Å². The number of nitrogens with one attached hydrogen (secondary N) is 1. The van der Waals surface area contributed by atoms with Gasteiger partial charge in [0.15, 0.2) is 0 Å². The molecule has 0 fully saturated rings. The number of benzene rings is 1. The van der Waals surface area contributed by atoms with Crippen LogP contribution in [0, 0.1) is 0 Å². The fraction of sp³-hybridized carbons (Fsp3) is 0.375. The van der Waals surface area contributed by atoms with Gasteiger partial charge in [-0.25, -0.2) is 4.98 Å². The minimum absolute atomic E-state index is 0.0343. The van der Waals surface area contributed by atoms with E-state index >= 15 is 0 Å². The fourth-order valence-corrected chi connectivity index (χ4v) is 3.75. The summed E-state index contributed by atoms with van der Waals surface area (Å²) in [7, 11) is 0. The van der Waals surface area contributed by atoms with Gasteiger partial charge in [-0.15, -0.1) is 23.1 Å².